The number of carbonyl (C=O) groups excluding carboxylic acids is 2. The first-order valence-corrected chi connectivity index (χ1v) is 6.15. The Balaban J connectivity index is 1.68. The van der Waals surface area contributed by atoms with E-state index in [0.717, 1.165) is 11.5 Å². The van der Waals surface area contributed by atoms with Crippen LogP contribution in [-0.4, -0.2) is 11.8 Å². The van der Waals surface area contributed by atoms with Crippen LogP contribution < -0.4 is 5.32 Å². The Morgan fingerprint density at radius 1 is 1.12 bits per heavy atom. The minimum atomic E-state index is -0.172. The zero-order chi connectivity index (χ0) is 11.8. The van der Waals surface area contributed by atoms with E-state index in [-0.39, 0.29) is 17.7 Å². The molecule has 3 nitrogen and oxygen atoms in total. The van der Waals surface area contributed by atoms with E-state index < -0.39 is 0 Å². The van der Waals surface area contributed by atoms with E-state index in [2.05, 4.69) is 29.6 Å². The van der Waals surface area contributed by atoms with Crippen LogP contribution in [0.2, 0.25) is 0 Å². The molecule has 1 heterocycles. The molecule has 1 saturated carbocycles. The van der Waals surface area contributed by atoms with Crippen molar-refractivity contribution in [1.29, 1.82) is 0 Å². The van der Waals surface area contributed by atoms with Crippen molar-refractivity contribution >= 4 is 11.8 Å². The zero-order valence-corrected chi connectivity index (χ0v) is 9.61. The fourth-order valence-electron chi connectivity index (χ4n) is 2.40. The number of rotatable bonds is 3. The van der Waals surface area contributed by atoms with Gasteiger partial charge in [-0.05, 0) is 36.3 Å². The highest BCUT2D eigenvalue weighted by Crippen LogP contribution is 2.40. The topological polar surface area (TPSA) is 46.2 Å². The first-order chi connectivity index (χ1) is 8.22. The minimum absolute atomic E-state index is 0.124. The van der Waals surface area contributed by atoms with Gasteiger partial charge in [-0.25, -0.2) is 0 Å². The van der Waals surface area contributed by atoms with Gasteiger partial charge in [0, 0.05) is 6.42 Å². The summed E-state index contributed by atoms with van der Waals surface area (Å²) in [5.74, 6) is 0.325. The minimum Gasteiger partial charge on any atom is -0.296 e. The molecule has 0 radical (unpaired) electrons. The molecule has 0 spiro atoms. The number of imide groups is 1. The molecule has 0 aromatic heterocycles. The molecule has 0 bridgehead atoms. The van der Waals surface area contributed by atoms with Crippen LogP contribution in [0.25, 0.3) is 0 Å². The van der Waals surface area contributed by atoms with E-state index in [9.17, 15) is 9.59 Å². The number of benzene rings is 1. The van der Waals surface area contributed by atoms with Crippen molar-refractivity contribution < 1.29 is 9.59 Å². The van der Waals surface area contributed by atoms with Crippen molar-refractivity contribution in [1.82, 2.24) is 5.32 Å². The van der Waals surface area contributed by atoms with E-state index >= 15 is 0 Å². The first kappa shape index (κ1) is 10.5. The average Bonchev–Trinajstić information content (AvgIpc) is 3.08. The molecule has 1 aromatic carbocycles. The predicted octanol–water partition coefficient (Wildman–Crippen LogP) is 1.77. The predicted molar refractivity (Wildman–Crippen MR) is 63.4 cm³/mol. The second kappa shape index (κ2) is 3.99. The highest BCUT2D eigenvalue weighted by Gasteiger charge is 2.30. The molecule has 17 heavy (non-hydrogen) atoms. The van der Waals surface area contributed by atoms with E-state index in [1.54, 1.807) is 0 Å². The third-order valence-corrected chi connectivity index (χ3v) is 3.58. The molecule has 2 amide bonds. The largest absolute Gasteiger partial charge is 0.296 e. The van der Waals surface area contributed by atoms with Crippen LogP contribution in [0.1, 0.15) is 36.3 Å². The Morgan fingerprint density at radius 3 is 2.35 bits per heavy atom. The lowest BCUT2D eigenvalue weighted by atomic mass is 9.96. The standard InChI is InChI=1S/C14H15NO2/c16-13-8-12(14(17)15-13)7-9-1-3-10(4-2-9)11-5-6-11/h1-4,11-12H,5-8H2,(H,15,16,17). The molecule has 88 valence electrons. The van der Waals surface area contributed by atoms with Crippen molar-refractivity contribution in [2.24, 2.45) is 5.92 Å². The summed E-state index contributed by atoms with van der Waals surface area (Å²) >= 11 is 0. The third-order valence-electron chi connectivity index (χ3n) is 3.58. The second-order valence-electron chi connectivity index (χ2n) is 5.03. The van der Waals surface area contributed by atoms with Crippen molar-refractivity contribution in [2.75, 3.05) is 0 Å². The summed E-state index contributed by atoms with van der Waals surface area (Å²) in [5.41, 5.74) is 2.55. The van der Waals surface area contributed by atoms with Gasteiger partial charge in [0.2, 0.25) is 11.8 Å². The van der Waals surface area contributed by atoms with Gasteiger partial charge >= 0.3 is 0 Å². The van der Waals surface area contributed by atoms with Crippen LogP contribution in [0.4, 0.5) is 0 Å². The van der Waals surface area contributed by atoms with Crippen LogP contribution in [0.3, 0.4) is 0 Å². The van der Waals surface area contributed by atoms with E-state index in [0.29, 0.717) is 12.8 Å². The molecule has 3 heteroatoms. The molecule has 1 aromatic rings. The van der Waals surface area contributed by atoms with Gasteiger partial charge < -0.3 is 0 Å². The molecule has 1 saturated heterocycles. The molecule has 3 rings (SSSR count). The molecule has 2 fully saturated rings. The summed E-state index contributed by atoms with van der Waals surface area (Å²) in [6.45, 7) is 0. The summed E-state index contributed by atoms with van der Waals surface area (Å²) in [5, 5.41) is 2.35. The smallest absolute Gasteiger partial charge is 0.230 e. The van der Waals surface area contributed by atoms with Gasteiger partial charge in [0.15, 0.2) is 0 Å². The van der Waals surface area contributed by atoms with Crippen LogP contribution in [0, 0.1) is 5.92 Å². The number of carbonyl (C=O) groups is 2. The van der Waals surface area contributed by atoms with Gasteiger partial charge in [0.05, 0.1) is 5.92 Å². The quantitative estimate of drug-likeness (QED) is 0.803. The lowest BCUT2D eigenvalue weighted by molar-refractivity contribution is -0.125. The lowest BCUT2D eigenvalue weighted by Gasteiger charge is -2.06. The molecular weight excluding hydrogens is 214 g/mol. The van der Waals surface area contributed by atoms with Gasteiger partial charge in [-0.2, -0.15) is 0 Å². The Kier molecular flexibility index (Phi) is 2.46. The fourth-order valence-corrected chi connectivity index (χ4v) is 2.40. The van der Waals surface area contributed by atoms with Gasteiger partial charge in [0.25, 0.3) is 0 Å². The van der Waals surface area contributed by atoms with Crippen molar-refractivity contribution in [3.8, 4) is 0 Å². The Hall–Kier alpha value is -1.64. The van der Waals surface area contributed by atoms with Crippen molar-refractivity contribution in [3.63, 3.8) is 0 Å². The molecular formula is C14H15NO2. The summed E-state index contributed by atoms with van der Waals surface area (Å²) in [4.78, 5) is 22.5. The summed E-state index contributed by atoms with van der Waals surface area (Å²) in [6.07, 6.45) is 3.61. The molecule has 1 aliphatic carbocycles. The molecule has 1 unspecified atom stereocenters. The number of nitrogens with one attached hydrogen (secondary N) is 1. The third kappa shape index (κ3) is 2.23. The monoisotopic (exact) mass is 229 g/mol. The SMILES string of the molecule is O=C1CC(Cc2ccc(C3CC3)cc2)C(=O)N1. The lowest BCUT2D eigenvalue weighted by Crippen LogP contribution is -2.22. The maximum Gasteiger partial charge on any atom is 0.230 e. The maximum absolute atomic E-state index is 11.4. The highest BCUT2D eigenvalue weighted by molar-refractivity contribution is 6.03. The second-order valence-corrected chi connectivity index (χ2v) is 5.03. The van der Waals surface area contributed by atoms with Crippen LogP contribution in [0.15, 0.2) is 24.3 Å². The Morgan fingerprint density at radius 2 is 1.82 bits per heavy atom. The van der Waals surface area contributed by atoms with Crippen molar-refractivity contribution in [2.45, 2.75) is 31.6 Å². The van der Waals surface area contributed by atoms with Crippen molar-refractivity contribution in [3.05, 3.63) is 35.4 Å². The van der Waals surface area contributed by atoms with Crippen LogP contribution in [-0.2, 0) is 16.0 Å². The average molecular weight is 229 g/mol. The maximum atomic E-state index is 11.4. The molecule has 1 N–H and O–H groups in total. The zero-order valence-electron chi connectivity index (χ0n) is 9.61. The number of amides is 2. The molecule has 2 aliphatic rings. The first-order valence-electron chi connectivity index (χ1n) is 6.15. The summed E-state index contributed by atoms with van der Waals surface area (Å²) in [7, 11) is 0. The van der Waals surface area contributed by atoms with Gasteiger partial charge in [0.1, 0.15) is 0 Å². The van der Waals surface area contributed by atoms with E-state index in [4.69, 9.17) is 0 Å². The Bertz CT molecular complexity index is 460. The van der Waals surface area contributed by atoms with E-state index in [1.807, 2.05) is 0 Å². The van der Waals surface area contributed by atoms with Crippen LogP contribution in [0.5, 0.6) is 0 Å². The van der Waals surface area contributed by atoms with Crippen LogP contribution >= 0.6 is 0 Å². The van der Waals surface area contributed by atoms with E-state index in [1.165, 1.54) is 18.4 Å². The highest BCUT2D eigenvalue weighted by atomic mass is 16.2. The summed E-state index contributed by atoms with van der Waals surface area (Å²) < 4.78 is 0. The van der Waals surface area contributed by atoms with Gasteiger partial charge in [-0.3, -0.25) is 14.9 Å². The summed E-state index contributed by atoms with van der Waals surface area (Å²) in [6, 6.07) is 8.48. The molecule has 1 atom stereocenters. The Labute approximate surface area is 100 Å². The number of hydrogen-bond donors (Lipinski definition) is 1. The number of hydrogen-bond acceptors (Lipinski definition) is 2. The molecule has 1 aliphatic heterocycles. The fraction of sp³-hybridized carbons (Fsp3) is 0.429. The normalized spacial score (nSPS) is 23.9. The van der Waals surface area contributed by atoms with Gasteiger partial charge in [-0.1, -0.05) is 24.3 Å². The van der Waals surface area contributed by atoms with Gasteiger partial charge in [-0.15, -0.1) is 0 Å².